The Morgan fingerprint density at radius 3 is 2.06 bits per heavy atom. The fourth-order valence-electron chi connectivity index (χ4n) is 3.49. The maximum absolute atomic E-state index is 11.2. The van der Waals surface area contributed by atoms with Gasteiger partial charge in [-0.2, -0.15) is 0 Å². The molecule has 0 unspecified atom stereocenters. The molecular formula is C18H25NO13. The Balaban J connectivity index is 1.75. The Morgan fingerprint density at radius 1 is 0.844 bits per heavy atom. The molecule has 3 rings (SSSR count). The minimum absolute atomic E-state index is 0.251. The minimum Gasteiger partial charge on any atom is -0.455 e. The number of hydrogen-bond donors (Lipinski definition) is 7. The molecule has 0 spiro atoms. The normalized spacial score (nSPS) is 40.1. The molecule has 0 aliphatic carbocycles. The van der Waals surface area contributed by atoms with Crippen molar-refractivity contribution in [2.45, 2.75) is 61.4 Å². The van der Waals surface area contributed by atoms with Crippen molar-refractivity contribution < 1.29 is 59.6 Å². The number of hydrogen-bond acceptors (Lipinski definition) is 13. The molecular weight excluding hydrogens is 438 g/mol. The van der Waals surface area contributed by atoms with E-state index in [1.807, 2.05) is 0 Å². The van der Waals surface area contributed by atoms with Gasteiger partial charge in [0.15, 0.2) is 12.0 Å². The maximum Gasteiger partial charge on any atom is 0.311 e. The van der Waals surface area contributed by atoms with Gasteiger partial charge in [0.05, 0.1) is 18.1 Å². The summed E-state index contributed by atoms with van der Waals surface area (Å²) in [4.78, 5) is 10.4. The van der Waals surface area contributed by atoms with E-state index in [1.54, 1.807) is 0 Å². The first-order valence-electron chi connectivity index (χ1n) is 9.68. The van der Waals surface area contributed by atoms with Crippen molar-refractivity contribution >= 4 is 5.69 Å². The van der Waals surface area contributed by atoms with Gasteiger partial charge in [0.25, 0.3) is 0 Å². The Kier molecular flexibility index (Phi) is 7.94. The van der Waals surface area contributed by atoms with E-state index in [0.717, 1.165) is 6.07 Å². The van der Waals surface area contributed by atoms with E-state index in [2.05, 4.69) is 0 Å². The number of nitro benzene ring substituents is 1. The van der Waals surface area contributed by atoms with Gasteiger partial charge in [-0.15, -0.1) is 0 Å². The van der Waals surface area contributed by atoms with Crippen LogP contribution in [0.25, 0.3) is 0 Å². The average Bonchev–Trinajstić information content (AvgIpc) is 2.78. The molecule has 0 amide bonds. The predicted octanol–water partition coefficient (Wildman–Crippen LogP) is -3.40. The van der Waals surface area contributed by atoms with Crippen molar-refractivity contribution in [3.63, 3.8) is 0 Å². The van der Waals surface area contributed by atoms with Gasteiger partial charge in [0.2, 0.25) is 6.29 Å². The highest BCUT2D eigenvalue weighted by Crippen LogP contribution is 2.33. The summed E-state index contributed by atoms with van der Waals surface area (Å²) in [5.41, 5.74) is -0.418. The molecule has 0 bridgehead atoms. The van der Waals surface area contributed by atoms with E-state index in [9.17, 15) is 45.9 Å². The molecule has 1 aromatic carbocycles. The number of ether oxygens (including phenoxy) is 4. The molecule has 1 aromatic rings. The summed E-state index contributed by atoms with van der Waals surface area (Å²) in [6, 6.07) is 5.27. The van der Waals surface area contributed by atoms with E-state index >= 15 is 0 Å². The first-order valence-corrected chi connectivity index (χ1v) is 9.68. The Bertz CT molecular complexity index is 777. The lowest BCUT2D eigenvalue weighted by atomic mass is 9.97. The van der Waals surface area contributed by atoms with Crippen LogP contribution >= 0.6 is 0 Å². The van der Waals surface area contributed by atoms with Crippen molar-refractivity contribution in [3.8, 4) is 5.75 Å². The fourth-order valence-corrected chi connectivity index (χ4v) is 3.49. The third-order valence-electron chi connectivity index (χ3n) is 5.27. The lowest BCUT2D eigenvalue weighted by molar-refractivity contribution is -0.387. The predicted molar refractivity (Wildman–Crippen MR) is 100 cm³/mol. The average molecular weight is 463 g/mol. The second kappa shape index (κ2) is 10.3. The monoisotopic (exact) mass is 463 g/mol. The van der Waals surface area contributed by atoms with E-state index in [0.29, 0.717) is 0 Å². The lowest BCUT2D eigenvalue weighted by Gasteiger charge is -2.45. The van der Waals surface area contributed by atoms with Gasteiger partial charge < -0.3 is 54.7 Å². The molecule has 32 heavy (non-hydrogen) atoms. The first kappa shape index (κ1) is 24.7. The van der Waals surface area contributed by atoms with Crippen LogP contribution in [0.15, 0.2) is 24.3 Å². The van der Waals surface area contributed by atoms with E-state index < -0.39 is 85.2 Å². The summed E-state index contributed by atoms with van der Waals surface area (Å²) < 4.78 is 21.4. The highest BCUT2D eigenvalue weighted by atomic mass is 16.7. The quantitative estimate of drug-likeness (QED) is 0.155. The van der Waals surface area contributed by atoms with Crippen LogP contribution in [0.5, 0.6) is 5.75 Å². The second-order valence-corrected chi connectivity index (χ2v) is 7.35. The van der Waals surface area contributed by atoms with Gasteiger partial charge in [-0.05, 0) is 6.07 Å². The summed E-state index contributed by atoms with van der Waals surface area (Å²) in [7, 11) is 0. The van der Waals surface area contributed by atoms with Crippen molar-refractivity contribution in [1.82, 2.24) is 0 Å². The number of para-hydroxylation sites is 2. The van der Waals surface area contributed by atoms with Gasteiger partial charge in [-0.25, -0.2) is 0 Å². The lowest BCUT2D eigenvalue weighted by Crippen LogP contribution is -2.65. The summed E-state index contributed by atoms with van der Waals surface area (Å²) in [6.07, 6.45) is -16.2. The number of rotatable bonds is 7. The van der Waals surface area contributed by atoms with Crippen molar-refractivity contribution in [2.24, 2.45) is 0 Å². The van der Waals surface area contributed by atoms with Crippen LogP contribution in [0, 0.1) is 10.1 Å². The summed E-state index contributed by atoms with van der Waals surface area (Å²) in [5, 5.41) is 80.9. The molecule has 10 atom stereocenters. The summed E-state index contributed by atoms with van der Waals surface area (Å²) in [5.74, 6) is -0.251. The van der Waals surface area contributed by atoms with Crippen molar-refractivity contribution in [3.05, 3.63) is 34.4 Å². The summed E-state index contributed by atoms with van der Waals surface area (Å²) >= 11 is 0. The van der Waals surface area contributed by atoms with Crippen molar-refractivity contribution in [1.29, 1.82) is 0 Å². The molecule has 7 N–H and O–H groups in total. The zero-order valence-corrected chi connectivity index (χ0v) is 16.5. The first-order chi connectivity index (χ1) is 15.2. The largest absolute Gasteiger partial charge is 0.455 e. The molecule has 2 aliphatic heterocycles. The van der Waals surface area contributed by atoms with Crippen LogP contribution in [-0.4, -0.2) is 115 Å². The molecule has 2 saturated heterocycles. The molecule has 0 aromatic heterocycles. The zero-order valence-electron chi connectivity index (χ0n) is 16.5. The van der Waals surface area contributed by atoms with Crippen LogP contribution < -0.4 is 4.74 Å². The maximum atomic E-state index is 11.2. The van der Waals surface area contributed by atoms with Crippen LogP contribution in [0.4, 0.5) is 5.69 Å². The van der Waals surface area contributed by atoms with Crippen LogP contribution in [-0.2, 0) is 14.2 Å². The molecule has 180 valence electrons. The Morgan fingerprint density at radius 2 is 1.44 bits per heavy atom. The molecule has 0 saturated carbocycles. The van der Waals surface area contributed by atoms with E-state index in [1.165, 1.54) is 18.2 Å². The summed E-state index contributed by atoms with van der Waals surface area (Å²) in [6.45, 7) is -1.48. The van der Waals surface area contributed by atoms with Crippen LogP contribution in [0.3, 0.4) is 0 Å². The fraction of sp³-hybridized carbons (Fsp3) is 0.667. The minimum atomic E-state index is -1.81. The van der Waals surface area contributed by atoms with Crippen LogP contribution in [0.2, 0.25) is 0 Å². The standard InChI is InChI=1S/C18H25NO13/c20-5-9-11(22)12(23)14(25)18(30-9)32-16-10(6-21)31-17(15(26)13(16)24)29-8-4-2-1-3-7(8)19(27)28/h1-4,9-18,20-26H,5-6H2/t9-,10+,11+,12+,13-,14+,15+,16+,17+,18-/m0/s1. The van der Waals surface area contributed by atoms with Crippen molar-refractivity contribution in [2.75, 3.05) is 13.2 Å². The van der Waals surface area contributed by atoms with Gasteiger partial charge in [0.1, 0.15) is 48.8 Å². The molecule has 14 nitrogen and oxygen atoms in total. The third-order valence-corrected chi connectivity index (χ3v) is 5.27. The molecule has 0 radical (unpaired) electrons. The SMILES string of the molecule is O=[N+]([O-])c1ccccc1O[C@@H]1O[C@H](CO)[C@@H](O[C@@H]2O[C@@H](CO)[C@@H](O)[C@@H](O)[C@H]2O)[C@@H](O)[C@H]1O. The Labute approximate surface area is 180 Å². The number of aliphatic hydroxyl groups is 7. The number of nitrogens with zero attached hydrogens (tertiary/aromatic N) is 1. The van der Waals surface area contributed by atoms with Gasteiger partial charge >= 0.3 is 5.69 Å². The van der Waals surface area contributed by atoms with E-state index in [-0.39, 0.29) is 5.75 Å². The molecule has 2 heterocycles. The second-order valence-electron chi connectivity index (χ2n) is 7.35. The smallest absolute Gasteiger partial charge is 0.311 e. The van der Waals surface area contributed by atoms with Gasteiger partial charge in [-0.3, -0.25) is 10.1 Å². The highest BCUT2D eigenvalue weighted by Gasteiger charge is 2.51. The van der Waals surface area contributed by atoms with Gasteiger partial charge in [-0.1, -0.05) is 12.1 Å². The third kappa shape index (κ3) is 4.84. The zero-order chi connectivity index (χ0) is 23.6. The topological polar surface area (TPSA) is 222 Å². The van der Waals surface area contributed by atoms with Crippen LogP contribution in [0.1, 0.15) is 0 Å². The molecule has 2 fully saturated rings. The Hall–Kier alpha value is -1.98. The number of benzene rings is 1. The van der Waals surface area contributed by atoms with E-state index in [4.69, 9.17) is 18.9 Å². The molecule has 2 aliphatic rings. The number of aliphatic hydroxyl groups excluding tert-OH is 7. The van der Waals surface area contributed by atoms with Gasteiger partial charge in [0, 0.05) is 6.07 Å². The molecule has 14 heteroatoms. The highest BCUT2D eigenvalue weighted by molar-refractivity contribution is 5.45. The number of nitro groups is 1.